The molecule has 0 bridgehead atoms. The zero-order valence-corrected chi connectivity index (χ0v) is 10.9. The zero-order chi connectivity index (χ0) is 13.8. The lowest BCUT2D eigenvalue weighted by Crippen LogP contribution is -2.00. The molecule has 0 aliphatic rings. The number of anilines is 1. The number of benzene rings is 2. The highest BCUT2D eigenvalue weighted by Crippen LogP contribution is 2.23. The maximum Gasteiger partial charge on any atom is 0.133 e. The molecular formula is C15H16FNO2. The van der Waals surface area contributed by atoms with Crippen molar-refractivity contribution in [1.29, 1.82) is 0 Å². The van der Waals surface area contributed by atoms with Crippen LogP contribution in [0.25, 0.3) is 0 Å². The Balaban J connectivity index is 2.12. The Kier molecular flexibility index (Phi) is 3.90. The van der Waals surface area contributed by atoms with E-state index in [0.29, 0.717) is 22.7 Å². The monoisotopic (exact) mass is 261 g/mol. The zero-order valence-electron chi connectivity index (χ0n) is 10.9. The van der Waals surface area contributed by atoms with Crippen LogP contribution in [0.3, 0.4) is 0 Å². The van der Waals surface area contributed by atoms with Crippen LogP contribution in [-0.4, -0.2) is 7.11 Å². The van der Waals surface area contributed by atoms with Gasteiger partial charge in [-0.1, -0.05) is 6.07 Å². The highest BCUT2D eigenvalue weighted by atomic mass is 19.1. The highest BCUT2D eigenvalue weighted by molar-refractivity contribution is 5.48. The summed E-state index contributed by atoms with van der Waals surface area (Å²) in [6, 6.07) is 10.1. The lowest BCUT2D eigenvalue weighted by atomic mass is 10.2. The molecule has 19 heavy (non-hydrogen) atoms. The van der Waals surface area contributed by atoms with E-state index in [1.165, 1.54) is 13.2 Å². The van der Waals surface area contributed by atoms with E-state index in [1.807, 2.05) is 13.0 Å². The average molecular weight is 261 g/mol. The van der Waals surface area contributed by atoms with Gasteiger partial charge in [-0.3, -0.25) is 0 Å². The van der Waals surface area contributed by atoms with Crippen molar-refractivity contribution in [2.24, 2.45) is 0 Å². The van der Waals surface area contributed by atoms with Crippen molar-refractivity contribution in [1.82, 2.24) is 0 Å². The normalized spacial score (nSPS) is 10.3. The summed E-state index contributed by atoms with van der Waals surface area (Å²) >= 11 is 0. The molecule has 0 saturated heterocycles. The Morgan fingerprint density at radius 1 is 1.16 bits per heavy atom. The number of hydrogen-bond acceptors (Lipinski definition) is 3. The topological polar surface area (TPSA) is 44.5 Å². The van der Waals surface area contributed by atoms with E-state index >= 15 is 0 Å². The molecule has 0 atom stereocenters. The predicted molar refractivity (Wildman–Crippen MR) is 72.9 cm³/mol. The fourth-order valence-corrected chi connectivity index (χ4v) is 1.70. The van der Waals surface area contributed by atoms with Crippen LogP contribution in [0.2, 0.25) is 0 Å². The highest BCUT2D eigenvalue weighted by Gasteiger charge is 2.06. The second kappa shape index (κ2) is 5.61. The molecule has 0 fully saturated rings. The number of hydrogen-bond donors (Lipinski definition) is 1. The molecular weight excluding hydrogens is 245 g/mol. The van der Waals surface area contributed by atoms with Crippen molar-refractivity contribution in [3.05, 3.63) is 53.3 Å². The van der Waals surface area contributed by atoms with Crippen molar-refractivity contribution >= 4 is 5.69 Å². The standard InChI is InChI=1S/C15H16FNO2/c1-10-3-5-12(17)7-15(10)19-9-11-4-6-13(18-2)8-14(11)16/h3-8H,9,17H2,1-2H3. The Hall–Kier alpha value is -2.23. The number of nitrogen functional groups attached to an aromatic ring is 1. The van der Waals surface area contributed by atoms with Gasteiger partial charge in [0.15, 0.2) is 0 Å². The summed E-state index contributed by atoms with van der Waals surface area (Å²) in [6.07, 6.45) is 0. The smallest absolute Gasteiger partial charge is 0.133 e. The molecule has 0 spiro atoms. The van der Waals surface area contributed by atoms with Crippen LogP contribution in [0.15, 0.2) is 36.4 Å². The Morgan fingerprint density at radius 2 is 1.95 bits per heavy atom. The van der Waals surface area contributed by atoms with Gasteiger partial charge in [-0.2, -0.15) is 0 Å². The van der Waals surface area contributed by atoms with E-state index in [1.54, 1.807) is 24.3 Å². The van der Waals surface area contributed by atoms with Gasteiger partial charge in [0.25, 0.3) is 0 Å². The van der Waals surface area contributed by atoms with Crippen molar-refractivity contribution in [2.75, 3.05) is 12.8 Å². The fourth-order valence-electron chi connectivity index (χ4n) is 1.70. The number of rotatable bonds is 4. The van der Waals surface area contributed by atoms with Gasteiger partial charge < -0.3 is 15.2 Å². The van der Waals surface area contributed by atoms with Crippen LogP contribution in [0.1, 0.15) is 11.1 Å². The van der Waals surface area contributed by atoms with Gasteiger partial charge in [0, 0.05) is 23.4 Å². The van der Waals surface area contributed by atoms with E-state index in [0.717, 1.165) is 5.56 Å². The number of halogens is 1. The third-order valence-electron chi connectivity index (χ3n) is 2.86. The van der Waals surface area contributed by atoms with Crippen LogP contribution in [-0.2, 0) is 6.61 Å². The van der Waals surface area contributed by atoms with E-state index in [2.05, 4.69) is 0 Å². The van der Waals surface area contributed by atoms with Crippen LogP contribution in [0.5, 0.6) is 11.5 Å². The summed E-state index contributed by atoms with van der Waals surface area (Å²) in [5.41, 5.74) is 7.75. The van der Waals surface area contributed by atoms with E-state index in [9.17, 15) is 4.39 Å². The second-order valence-corrected chi connectivity index (χ2v) is 4.27. The molecule has 0 amide bonds. The van der Waals surface area contributed by atoms with E-state index in [-0.39, 0.29) is 12.4 Å². The molecule has 0 heterocycles. The summed E-state index contributed by atoms with van der Waals surface area (Å²) in [5.74, 6) is 0.803. The summed E-state index contributed by atoms with van der Waals surface area (Å²) in [7, 11) is 1.50. The minimum absolute atomic E-state index is 0.153. The molecule has 0 radical (unpaired) electrons. The summed E-state index contributed by atoms with van der Waals surface area (Å²) in [4.78, 5) is 0. The Labute approximate surface area is 111 Å². The van der Waals surface area contributed by atoms with Gasteiger partial charge in [-0.15, -0.1) is 0 Å². The first-order valence-electron chi connectivity index (χ1n) is 5.91. The van der Waals surface area contributed by atoms with Crippen LogP contribution >= 0.6 is 0 Å². The molecule has 100 valence electrons. The lowest BCUT2D eigenvalue weighted by molar-refractivity contribution is 0.297. The van der Waals surface area contributed by atoms with Gasteiger partial charge in [-0.05, 0) is 30.7 Å². The molecule has 2 aromatic carbocycles. The van der Waals surface area contributed by atoms with Crippen LogP contribution in [0, 0.1) is 12.7 Å². The van der Waals surface area contributed by atoms with Crippen LogP contribution in [0.4, 0.5) is 10.1 Å². The maximum absolute atomic E-state index is 13.7. The van der Waals surface area contributed by atoms with Gasteiger partial charge in [0.2, 0.25) is 0 Å². The van der Waals surface area contributed by atoms with E-state index < -0.39 is 0 Å². The Bertz CT molecular complexity index is 584. The van der Waals surface area contributed by atoms with Crippen molar-refractivity contribution in [3.63, 3.8) is 0 Å². The van der Waals surface area contributed by atoms with Crippen LogP contribution < -0.4 is 15.2 Å². The molecule has 0 aliphatic heterocycles. The molecule has 0 unspecified atom stereocenters. The number of methoxy groups -OCH3 is 1. The quantitative estimate of drug-likeness (QED) is 0.859. The molecule has 0 aliphatic carbocycles. The molecule has 0 aromatic heterocycles. The second-order valence-electron chi connectivity index (χ2n) is 4.27. The first-order valence-corrected chi connectivity index (χ1v) is 5.91. The van der Waals surface area contributed by atoms with E-state index in [4.69, 9.17) is 15.2 Å². The molecule has 2 aromatic rings. The fraction of sp³-hybridized carbons (Fsp3) is 0.200. The number of nitrogens with two attached hydrogens (primary N) is 1. The minimum Gasteiger partial charge on any atom is -0.497 e. The first-order chi connectivity index (χ1) is 9.10. The third kappa shape index (κ3) is 3.16. The molecule has 2 N–H and O–H groups in total. The predicted octanol–water partition coefficient (Wildman–Crippen LogP) is 3.30. The summed E-state index contributed by atoms with van der Waals surface area (Å²) in [6.45, 7) is 2.07. The molecule has 4 heteroatoms. The molecule has 0 saturated carbocycles. The van der Waals surface area contributed by atoms with Crippen molar-refractivity contribution < 1.29 is 13.9 Å². The van der Waals surface area contributed by atoms with Gasteiger partial charge in [0.1, 0.15) is 23.9 Å². The Morgan fingerprint density at radius 3 is 2.63 bits per heavy atom. The third-order valence-corrected chi connectivity index (χ3v) is 2.86. The lowest BCUT2D eigenvalue weighted by Gasteiger charge is -2.11. The maximum atomic E-state index is 13.7. The largest absolute Gasteiger partial charge is 0.497 e. The molecule has 2 rings (SSSR count). The van der Waals surface area contributed by atoms with Gasteiger partial charge in [0.05, 0.1) is 7.11 Å². The SMILES string of the molecule is COc1ccc(COc2cc(N)ccc2C)c(F)c1. The average Bonchev–Trinajstić information content (AvgIpc) is 2.40. The van der Waals surface area contributed by atoms with Gasteiger partial charge >= 0.3 is 0 Å². The van der Waals surface area contributed by atoms with Gasteiger partial charge in [-0.25, -0.2) is 4.39 Å². The minimum atomic E-state index is -0.346. The first kappa shape index (κ1) is 13.2. The van der Waals surface area contributed by atoms with Crippen molar-refractivity contribution in [2.45, 2.75) is 13.5 Å². The number of aryl methyl sites for hydroxylation is 1. The summed E-state index contributed by atoms with van der Waals surface area (Å²) < 4.78 is 24.3. The summed E-state index contributed by atoms with van der Waals surface area (Å²) in [5, 5.41) is 0. The number of ether oxygens (including phenoxy) is 2. The molecule has 3 nitrogen and oxygen atoms in total. The van der Waals surface area contributed by atoms with Crippen molar-refractivity contribution in [3.8, 4) is 11.5 Å².